The Morgan fingerprint density at radius 1 is 0.415 bits per heavy atom. The van der Waals surface area contributed by atoms with Crippen molar-refractivity contribution in [3.8, 4) is 11.1 Å². The summed E-state index contributed by atoms with van der Waals surface area (Å²) in [5.41, 5.74) is 9.22. The van der Waals surface area contributed by atoms with Crippen LogP contribution < -0.4 is 36.7 Å². The topological polar surface area (TPSA) is 3.24 Å². The monoisotopic (exact) mass is 561 g/mol. The standard InChI is InChI=1S/C38H29NP2/c1-26-18-20-32-34(22-26)40(30-14-8-4-9-15-30)36-24-29(28-12-6-3-7-13-28)25-37-38(36)39(32)33-21-19-27(2)23-35(33)41(37)31-16-10-5-11-17-31/h3-25H,1-2H3. The van der Waals surface area contributed by atoms with Crippen LogP contribution in [0.25, 0.3) is 11.1 Å². The number of nitrogens with zero attached hydrogens (tertiary/aromatic N) is 1. The molecule has 0 aromatic heterocycles. The SMILES string of the molecule is Cc1ccc2c(c1)P(c1ccccc1)c1cc(-c3ccccc3)cc3c1N2c1ccc(C)cc1P3c1ccccc1. The fraction of sp³-hybridized carbons (Fsp3) is 0.0526. The van der Waals surface area contributed by atoms with Crippen LogP contribution in [-0.4, -0.2) is 0 Å². The third kappa shape index (κ3) is 3.99. The van der Waals surface area contributed by atoms with Crippen molar-refractivity contribution in [1.29, 1.82) is 0 Å². The van der Waals surface area contributed by atoms with Gasteiger partial charge >= 0.3 is 0 Å². The van der Waals surface area contributed by atoms with Gasteiger partial charge in [-0.25, -0.2) is 0 Å². The highest BCUT2D eigenvalue weighted by Crippen LogP contribution is 2.55. The molecule has 0 N–H and O–H groups in total. The van der Waals surface area contributed by atoms with Crippen molar-refractivity contribution >= 4 is 64.7 Å². The molecule has 0 bridgehead atoms. The summed E-state index contributed by atoms with van der Waals surface area (Å²) in [5, 5.41) is 8.59. The van der Waals surface area contributed by atoms with Gasteiger partial charge in [0.1, 0.15) is 0 Å². The molecule has 0 saturated heterocycles. The minimum Gasteiger partial charge on any atom is -0.308 e. The summed E-state index contributed by atoms with van der Waals surface area (Å²) in [6.07, 6.45) is 0. The van der Waals surface area contributed by atoms with Gasteiger partial charge in [-0.3, -0.25) is 0 Å². The lowest BCUT2D eigenvalue weighted by Gasteiger charge is -2.45. The summed E-state index contributed by atoms with van der Waals surface area (Å²) in [6.45, 7) is 4.45. The van der Waals surface area contributed by atoms with Crippen LogP contribution >= 0.6 is 15.8 Å². The fourth-order valence-electron chi connectivity index (χ4n) is 6.32. The van der Waals surface area contributed by atoms with E-state index in [0.717, 1.165) is 0 Å². The zero-order valence-electron chi connectivity index (χ0n) is 23.1. The average Bonchev–Trinajstić information content (AvgIpc) is 3.02. The Labute approximate surface area is 244 Å². The second-order valence-corrected chi connectivity index (χ2v) is 15.2. The molecule has 0 fully saturated rings. The molecular formula is C38H29NP2. The molecule has 0 amide bonds. The molecule has 2 aliphatic rings. The molecule has 41 heavy (non-hydrogen) atoms. The maximum absolute atomic E-state index is 2.59. The Hall–Kier alpha value is -4.02. The molecule has 6 aromatic carbocycles. The summed E-state index contributed by atoms with van der Waals surface area (Å²) < 4.78 is 0. The highest BCUT2D eigenvalue weighted by molar-refractivity contribution is 7.82. The van der Waals surface area contributed by atoms with Gasteiger partial charge in [-0.05, 0) is 87.8 Å². The molecule has 0 aliphatic carbocycles. The maximum atomic E-state index is 2.59. The molecule has 0 radical (unpaired) electrons. The molecule has 1 nitrogen and oxygen atoms in total. The van der Waals surface area contributed by atoms with E-state index in [0.29, 0.717) is 0 Å². The minimum absolute atomic E-state index is 0.751. The van der Waals surface area contributed by atoms with Crippen molar-refractivity contribution in [2.75, 3.05) is 4.90 Å². The molecule has 196 valence electrons. The number of hydrogen-bond acceptors (Lipinski definition) is 1. The van der Waals surface area contributed by atoms with Crippen molar-refractivity contribution in [2.24, 2.45) is 0 Å². The molecule has 2 unspecified atom stereocenters. The zero-order chi connectivity index (χ0) is 27.5. The van der Waals surface area contributed by atoms with Gasteiger partial charge in [-0.15, -0.1) is 0 Å². The molecule has 6 aromatic rings. The van der Waals surface area contributed by atoms with E-state index >= 15 is 0 Å². The van der Waals surface area contributed by atoms with Gasteiger partial charge in [-0.2, -0.15) is 0 Å². The number of hydrogen-bond donors (Lipinski definition) is 0. The molecule has 0 saturated carbocycles. The zero-order valence-corrected chi connectivity index (χ0v) is 24.9. The third-order valence-corrected chi connectivity index (χ3v) is 13.1. The van der Waals surface area contributed by atoms with E-state index in [1.807, 2.05) is 0 Å². The summed E-state index contributed by atoms with van der Waals surface area (Å²) in [5.74, 6) is 0. The van der Waals surface area contributed by atoms with Crippen LogP contribution in [-0.2, 0) is 0 Å². The molecule has 2 atom stereocenters. The van der Waals surface area contributed by atoms with Crippen molar-refractivity contribution in [2.45, 2.75) is 13.8 Å². The minimum atomic E-state index is -0.751. The van der Waals surface area contributed by atoms with E-state index in [2.05, 4.69) is 158 Å². The van der Waals surface area contributed by atoms with Gasteiger partial charge in [0.05, 0.1) is 17.1 Å². The number of fused-ring (bicyclic) bond motifs is 4. The first kappa shape index (κ1) is 24.8. The number of benzene rings is 6. The van der Waals surface area contributed by atoms with Crippen LogP contribution in [0.4, 0.5) is 17.1 Å². The van der Waals surface area contributed by atoms with Crippen LogP contribution in [0.15, 0.2) is 140 Å². The molecule has 2 heterocycles. The number of rotatable bonds is 3. The van der Waals surface area contributed by atoms with Gasteiger partial charge in [0.15, 0.2) is 0 Å². The van der Waals surface area contributed by atoms with Crippen molar-refractivity contribution in [3.05, 3.63) is 151 Å². The molecule has 2 aliphatic heterocycles. The van der Waals surface area contributed by atoms with Gasteiger partial charge in [-0.1, -0.05) is 114 Å². The molecule has 8 rings (SSSR count). The summed E-state index contributed by atoms with van der Waals surface area (Å²) >= 11 is 0. The largest absolute Gasteiger partial charge is 0.308 e. The van der Waals surface area contributed by atoms with E-state index in [4.69, 9.17) is 0 Å². The van der Waals surface area contributed by atoms with Gasteiger partial charge in [0, 0.05) is 21.2 Å². The quantitative estimate of drug-likeness (QED) is 0.201. The third-order valence-electron chi connectivity index (χ3n) is 8.14. The van der Waals surface area contributed by atoms with Crippen LogP contribution in [0.1, 0.15) is 11.1 Å². The smallest absolute Gasteiger partial charge is 0.0629 e. The Balaban J connectivity index is 1.53. The van der Waals surface area contributed by atoms with Crippen LogP contribution in [0.2, 0.25) is 0 Å². The Bertz CT molecular complexity index is 1800. The predicted octanol–water partition coefficient (Wildman–Crippen LogP) is 7.58. The van der Waals surface area contributed by atoms with Gasteiger partial charge < -0.3 is 4.90 Å². The van der Waals surface area contributed by atoms with E-state index in [9.17, 15) is 0 Å². The highest BCUT2D eigenvalue weighted by atomic mass is 31.1. The van der Waals surface area contributed by atoms with Gasteiger partial charge in [0.25, 0.3) is 0 Å². The van der Waals surface area contributed by atoms with Crippen LogP contribution in [0.5, 0.6) is 0 Å². The lowest BCUT2D eigenvalue weighted by molar-refractivity contribution is 1.30. The van der Waals surface area contributed by atoms with Crippen LogP contribution in [0.3, 0.4) is 0 Å². The first-order valence-electron chi connectivity index (χ1n) is 14.1. The van der Waals surface area contributed by atoms with Crippen molar-refractivity contribution in [1.82, 2.24) is 0 Å². The van der Waals surface area contributed by atoms with E-state index < -0.39 is 15.8 Å². The average molecular weight is 562 g/mol. The fourth-order valence-corrected chi connectivity index (χ4v) is 11.8. The second-order valence-electron chi connectivity index (χ2n) is 10.9. The normalized spacial score (nSPS) is 16.5. The lowest BCUT2D eigenvalue weighted by Crippen LogP contribution is -2.43. The number of aryl methyl sites for hydroxylation is 2. The van der Waals surface area contributed by atoms with Crippen molar-refractivity contribution in [3.63, 3.8) is 0 Å². The molecule has 0 spiro atoms. The van der Waals surface area contributed by atoms with E-state index in [1.54, 1.807) is 0 Å². The van der Waals surface area contributed by atoms with Crippen molar-refractivity contribution < 1.29 is 0 Å². The Morgan fingerprint density at radius 3 is 1.32 bits per heavy atom. The molecule has 3 heteroatoms. The van der Waals surface area contributed by atoms with E-state index in [1.165, 1.54) is 71.1 Å². The highest BCUT2D eigenvalue weighted by Gasteiger charge is 2.41. The first-order valence-corrected chi connectivity index (χ1v) is 16.8. The predicted molar refractivity (Wildman–Crippen MR) is 181 cm³/mol. The maximum Gasteiger partial charge on any atom is 0.0629 e. The molecular weight excluding hydrogens is 532 g/mol. The second kappa shape index (κ2) is 9.81. The lowest BCUT2D eigenvalue weighted by atomic mass is 10.0. The summed E-state index contributed by atoms with van der Waals surface area (Å²) in [7, 11) is -1.50. The Kier molecular flexibility index (Phi) is 5.92. The summed E-state index contributed by atoms with van der Waals surface area (Å²) in [6, 6.07) is 52.5. The summed E-state index contributed by atoms with van der Waals surface area (Å²) in [4.78, 5) is 2.59. The van der Waals surface area contributed by atoms with Crippen LogP contribution in [0, 0.1) is 13.8 Å². The van der Waals surface area contributed by atoms with Gasteiger partial charge in [0.2, 0.25) is 0 Å². The van der Waals surface area contributed by atoms with E-state index in [-0.39, 0.29) is 0 Å². The number of anilines is 3. The first-order chi connectivity index (χ1) is 20.2. The Morgan fingerprint density at radius 2 is 0.854 bits per heavy atom.